The van der Waals surface area contributed by atoms with Crippen LogP contribution in [0.3, 0.4) is 0 Å². The van der Waals surface area contributed by atoms with Crippen molar-refractivity contribution in [2.24, 2.45) is 0 Å². The molecule has 1 aliphatic rings. The van der Waals surface area contributed by atoms with Gasteiger partial charge in [0.2, 0.25) is 15.9 Å². The Balaban J connectivity index is 1.65. The van der Waals surface area contributed by atoms with Gasteiger partial charge in [-0.25, -0.2) is 17.5 Å². The molecule has 6 nitrogen and oxygen atoms in total. The number of amides is 1. The second kappa shape index (κ2) is 8.06. The zero-order chi connectivity index (χ0) is 19.4. The van der Waals surface area contributed by atoms with Crippen LogP contribution in [0.5, 0.6) is 5.75 Å². The number of nitrogens with one attached hydrogen (secondary N) is 1. The summed E-state index contributed by atoms with van der Waals surface area (Å²) >= 11 is 0. The van der Waals surface area contributed by atoms with E-state index >= 15 is 0 Å². The number of sulfonamides is 1. The molecule has 27 heavy (non-hydrogen) atoms. The lowest BCUT2D eigenvalue weighted by molar-refractivity contribution is -0.116. The molecule has 0 aromatic heterocycles. The molecule has 0 unspecified atom stereocenters. The standard InChI is InChI=1S/C19H21FN2O4S/c1-14(23)22-11-4-5-15-13-16(8-9-18(15)22)27(24,25)21-10-12-26-19-7-3-2-6-17(19)20/h2-3,6-9,13,21H,4-5,10-12H2,1H3. The molecule has 1 heterocycles. The predicted molar refractivity (Wildman–Crippen MR) is 99.9 cm³/mol. The third-order valence-corrected chi connectivity index (χ3v) is 5.81. The molecule has 144 valence electrons. The summed E-state index contributed by atoms with van der Waals surface area (Å²) < 4.78 is 46.2. The lowest BCUT2D eigenvalue weighted by Crippen LogP contribution is -2.34. The van der Waals surface area contributed by atoms with Crippen molar-refractivity contribution in [3.05, 3.63) is 53.8 Å². The molecule has 0 spiro atoms. The van der Waals surface area contributed by atoms with E-state index in [1.807, 2.05) is 0 Å². The predicted octanol–water partition coefficient (Wildman–Crippen LogP) is 2.48. The molecule has 2 aromatic rings. The molecule has 0 bridgehead atoms. The van der Waals surface area contributed by atoms with Crippen LogP contribution in [0.25, 0.3) is 0 Å². The molecule has 1 N–H and O–H groups in total. The van der Waals surface area contributed by atoms with E-state index < -0.39 is 15.8 Å². The first-order chi connectivity index (χ1) is 12.9. The number of para-hydroxylation sites is 1. The van der Waals surface area contributed by atoms with Crippen molar-refractivity contribution in [3.63, 3.8) is 0 Å². The van der Waals surface area contributed by atoms with Gasteiger partial charge in [0.05, 0.1) is 4.90 Å². The SMILES string of the molecule is CC(=O)N1CCCc2cc(S(=O)(=O)NCCOc3ccccc3F)ccc21. The Morgan fingerprint density at radius 3 is 2.78 bits per heavy atom. The fourth-order valence-corrected chi connectivity index (χ4v) is 4.11. The van der Waals surface area contributed by atoms with Gasteiger partial charge in [-0.1, -0.05) is 12.1 Å². The molecule has 0 saturated carbocycles. The van der Waals surface area contributed by atoms with Crippen LogP contribution in [0.1, 0.15) is 18.9 Å². The van der Waals surface area contributed by atoms with Crippen LogP contribution < -0.4 is 14.4 Å². The highest BCUT2D eigenvalue weighted by Gasteiger charge is 2.22. The number of benzene rings is 2. The monoisotopic (exact) mass is 392 g/mol. The van der Waals surface area contributed by atoms with Crippen molar-refractivity contribution in [2.75, 3.05) is 24.6 Å². The molecule has 0 fully saturated rings. The summed E-state index contributed by atoms with van der Waals surface area (Å²) in [5, 5.41) is 0. The molecule has 8 heteroatoms. The van der Waals surface area contributed by atoms with Gasteiger partial charge in [-0.05, 0) is 48.7 Å². The lowest BCUT2D eigenvalue weighted by Gasteiger charge is -2.28. The molecular weight excluding hydrogens is 371 g/mol. The van der Waals surface area contributed by atoms with E-state index in [4.69, 9.17) is 4.74 Å². The third-order valence-electron chi connectivity index (χ3n) is 4.35. The average molecular weight is 392 g/mol. The van der Waals surface area contributed by atoms with Crippen molar-refractivity contribution < 1.29 is 22.3 Å². The van der Waals surface area contributed by atoms with E-state index in [2.05, 4.69) is 4.72 Å². The minimum Gasteiger partial charge on any atom is -0.489 e. The van der Waals surface area contributed by atoms with E-state index in [0.29, 0.717) is 6.54 Å². The Labute approximate surface area is 158 Å². The molecule has 2 aromatic carbocycles. The van der Waals surface area contributed by atoms with Crippen LogP contribution in [0.2, 0.25) is 0 Å². The molecule has 0 saturated heterocycles. The van der Waals surface area contributed by atoms with E-state index in [1.54, 1.807) is 29.2 Å². The normalized spacial score (nSPS) is 13.9. The number of halogens is 1. The number of carbonyl (C=O) groups is 1. The number of rotatable bonds is 6. The maximum atomic E-state index is 13.5. The summed E-state index contributed by atoms with van der Waals surface area (Å²) in [6.45, 7) is 2.15. The summed E-state index contributed by atoms with van der Waals surface area (Å²) in [5.74, 6) is -0.477. The van der Waals surface area contributed by atoms with Crippen LogP contribution in [0, 0.1) is 5.82 Å². The highest BCUT2D eigenvalue weighted by Crippen LogP contribution is 2.29. The Morgan fingerprint density at radius 2 is 2.04 bits per heavy atom. The lowest BCUT2D eigenvalue weighted by atomic mass is 10.0. The molecular formula is C19H21FN2O4S. The molecule has 0 atom stereocenters. The first-order valence-electron chi connectivity index (χ1n) is 8.66. The number of hydrogen-bond acceptors (Lipinski definition) is 4. The van der Waals surface area contributed by atoms with Gasteiger partial charge in [0, 0.05) is 25.7 Å². The number of hydrogen-bond donors (Lipinski definition) is 1. The molecule has 1 amide bonds. The van der Waals surface area contributed by atoms with E-state index in [-0.39, 0.29) is 29.7 Å². The smallest absolute Gasteiger partial charge is 0.240 e. The Morgan fingerprint density at radius 1 is 1.26 bits per heavy atom. The Hall–Kier alpha value is -2.45. The van der Waals surface area contributed by atoms with Gasteiger partial charge in [0.1, 0.15) is 6.61 Å². The second-order valence-corrected chi connectivity index (χ2v) is 8.01. The van der Waals surface area contributed by atoms with Gasteiger partial charge in [-0.3, -0.25) is 4.79 Å². The Kier molecular flexibility index (Phi) is 5.76. The minimum absolute atomic E-state index is 0.00319. The van der Waals surface area contributed by atoms with Crippen LogP contribution in [0.4, 0.5) is 10.1 Å². The third kappa shape index (κ3) is 4.45. The topological polar surface area (TPSA) is 75.7 Å². The average Bonchev–Trinajstić information content (AvgIpc) is 2.65. The van der Waals surface area contributed by atoms with E-state index in [1.165, 1.54) is 25.1 Å². The number of ether oxygens (including phenoxy) is 1. The van der Waals surface area contributed by atoms with Gasteiger partial charge in [0.25, 0.3) is 0 Å². The van der Waals surface area contributed by atoms with Crippen molar-refractivity contribution in [1.82, 2.24) is 4.72 Å². The van der Waals surface area contributed by atoms with Crippen molar-refractivity contribution in [1.29, 1.82) is 0 Å². The van der Waals surface area contributed by atoms with Crippen LogP contribution in [-0.4, -0.2) is 34.0 Å². The number of aryl methyl sites for hydroxylation is 1. The minimum atomic E-state index is -3.72. The summed E-state index contributed by atoms with van der Waals surface area (Å²) in [6.07, 6.45) is 1.51. The second-order valence-electron chi connectivity index (χ2n) is 6.24. The zero-order valence-corrected chi connectivity index (χ0v) is 15.8. The maximum absolute atomic E-state index is 13.5. The van der Waals surface area contributed by atoms with Crippen molar-refractivity contribution >= 4 is 21.6 Å². The van der Waals surface area contributed by atoms with Gasteiger partial charge in [-0.15, -0.1) is 0 Å². The van der Waals surface area contributed by atoms with E-state index in [0.717, 1.165) is 24.1 Å². The first kappa shape index (κ1) is 19.3. The molecule has 3 rings (SSSR count). The number of carbonyl (C=O) groups excluding carboxylic acids is 1. The highest BCUT2D eigenvalue weighted by atomic mass is 32.2. The van der Waals surface area contributed by atoms with Gasteiger partial charge in [0.15, 0.2) is 11.6 Å². The molecule has 0 aliphatic carbocycles. The van der Waals surface area contributed by atoms with Crippen LogP contribution >= 0.6 is 0 Å². The zero-order valence-electron chi connectivity index (χ0n) is 14.9. The van der Waals surface area contributed by atoms with Crippen molar-refractivity contribution in [3.8, 4) is 5.75 Å². The molecule has 1 aliphatic heterocycles. The number of nitrogens with zero attached hydrogens (tertiary/aromatic N) is 1. The molecule has 0 radical (unpaired) electrons. The van der Waals surface area contributed by atoms with Crippen LogP contribution in [0.15, 0.2) is 47.4 Å². The summed E-state index contributed by atoms with van der Waals surface area (Å²) in [7, 11) is -3.72. The van der Waals surface area contributed by atoms with E-state index in [9.17, 15) is 17.6 Å². The van der Waals surface area contributed by atoms with Gasteiger partial charge in [-0.2, -0.15) is 0 Å². The number of fused-ring (bicyclic) bond motifs is 1. The van der Waals surface area contributed by atoms with Crippen molar-refractivity contribution in [2.45, 2.75) is 24.7 Å². The largest absolute Gasteiger partial charge is 0.489 e. The fraction of sp³-hybridized carbons (Fsp3) is 0.316. The van der Waals surface area contributed by atoms with Gasteiger partial charge >= 0.3 is 0 Å². The summed E-state index contributed by atoms with van der Waals surface area (Å²) in [4.78, 5) is 13.5. The summed E-state index contributed by atoms with van der Waals surface area (Å²) in [5.41, 5.74) is 1.59. The number of anilines is 1. The Bertz CT molecular complexity index is 946. The highest BCUT2D eigenvalue weighted by molar-refractivity contribution is 7.89. The van der Waals surface area contributed by atoms with Gasteiger partial charge < -0.3 is 9.64 Å². The quantitative estimate of drug-likeness (QED) is 0.767. The first-order valence-corrected chi connectivity index (χ1v) is 10.1. The summed E-state index contributed by atoms with van der Waals surface area (Å²) in [6, 6.07) is 10.7. The van der Waals surface area contributed by atoms with Crippen LogP contribution in [-0.2, 0) is 21.2 Å². The fourth-order valence-electron chi connectivity index (χ4n) is 3.05. The maximum Gasteiger partial charge on any atom is 0.240 e.